The Bertz CT molecular complexity index is 360. The van der Waals surface area contributed by atoms with E-state index in [0.717, 1.165) is 18.0 Å². The zero-order chi connectivity index (χ0) is 12.8. The van der Waals surface area contributed by atoms with Gasteiger partial charge < -0.3 is 4.74 Å². The van der Waals surface area contributed by atoms with Gasteiger partial charge in [-0.25, -0.2) is 4.98 Å². The van der Waals surface area contributed by atoms with Crippen molar-refractivity contribution < 1.29 is 4.74 Å². The number of aromatic nitrogens is 1. The van der Waals surface area contributed by atoms with Crippen molar-refractivity contribution in [3.63, 3.8) is 0 Å². The molecule has 5 heteroatoms. The molecule has 0 radical (unpaired) electrons. The highest BCUT2D eigenvalue weighted by Gasteiger charge is 2.14. The second-order valence-corrected chi connectivity index (χ2v) is 6.24. The first kappa shape index (κ1) is 14.3. The Labute approximate surface area is 119 Å². The SMILES string of the molecule is COCc1nc(CN2CCCCCC2)sc1CS. The molecule has 1 saturated heterocycles. The molecule has 1 aromatic heterocycles. The van der Waals surface area contributed by atoms with Crippen molar-refractivity contribution in [2.45, 2.75) is 44.6 Å². The van der Waals surface area contributed by atoms with Crippen LogP contribution in [0.25, 0.3) is 0 Å². The minimum Gasteiger partial charge on any atom is -0.378 e. The van der Waals surface area contributed by atoms with E-state index in [2.05, 4.69) is 17.5 Å². The Morgan fingerprint density at radius 2 is 2.00 bits per heavy atom. The molecule has 0 bridgehead atoms. The number of hydrogen-bond acceptors (Lipinski definition) is 5. The van der Waals surface area contributed by atoms with E-state index in [1.165, 1.54) is 48.7 Å². The molecule has 1 aromatic rings. The second-order valence-electron chi connectivity index (χ2n) is 4.76. The van der Waals surface area contributed by atoms with Gasteiger partial charge in [-0.1, -0.05) is 12.8 Å². The summed E-state index contributed by atoms with van der Waals surface area (Å²) in [6.45, 7) is 4.03. The number of likely N-dealkylation sites (tertiary alicyclic amines) is 1. The summed E-state index contributed by atoms with van der Waals surface area (Å²) in [5.74, 6) is 0.760. The normalized spacial score (nSPS) is 17.9. The molecule has 0 amide bonds. The smallest absolute Gasteiger partial charge is 0.107 e. The summed E-state index contributed by atoms with van der Waals surface area (Å²) in [5.41, 5.74) is 1.07. The maximum Gasteiger partial charge on any atom is 0.107 e. The summed E-state index contributed by atoms with van der Waals surface area (Å²) in [6, 6.07) is 0. The summed E-state index contributed by atoms with van der Waals surface area (Å²) in [7, 11) is 1.72. The Hall–Kier alpha value is -0.100. The average molecular weight is 286 g/mol. The van der Waals surface area contributed by atoms with E-state index in [4.69, 9.17) is 9.72 Å². The summed E-state index contributed by atoms with van der Waals surface area (Å²) in [4.78, 5) is 8.49. The number of thiazole rings is 1. The van der Waals surface area contributed by atoms with Gasteiger partial charge in [-0.05, 0) is 25.9 Å². The predicted octanol–water partition coefficient (Wildman–Crippen LogP) is 3.10. The molecule has 102 valence electrons. The van der Waals surface area contributed by atoms with Crippen LogP contribution in [0.2, 0.25) is 0 Å². The number of rotatable bonds is 5. The third-order valence-electron chi connectivity index (χ3n) is 3.30. The van der Waals surface area contributed by atoms with Crippen LogP contribution in [0.1, 0.15) is 41.3 Å². The molecule has 0 saturated carbocycles. The molecule has 0 aromatic carbocycles. The zero-order valence-corrected chi connectivity index (χ0v) is 12.7. The molecule has 18 heavy (non-hydrogen) atoms. The lowest BCUT2D eigenvalue weighted by molar-refractivity contribution is 0.181. The molecule has 1 aliphatic heterocycles. The fourth-order valence-electron chi connectivity index (χ4n) is 2.36. The molecule has 3 nitrogen and oxygen atoms in total. The Kier molecular flexibility index (Phi) is 5.95. The molecule has 0 N–H and O–H groups in total. The van der Waals surface area contributed by atoms with Gasteiger partial charge in [0.05, 0.1) is 18.8 Å². The summed E-state index contributed by atoms with van der Waals surface area (Å²) < 4.78 is 5.19. The quantitative estimate of drug-likeness (QED) is 0.842. The van der Waals surface area contributed by atoms with Crippen molar-refractivity contribution in [2.24, 2.45) is 0 Å². The van der Waals surface area contributed by atoms with E-state index in [1.807, 2.05) is 0 Å². The van der Waals surface area contributed by atoms with Gasteiger partial charge in [0.25, 0.3) is 0 Å². The summed E-state index contributed by atoms with van der Waals surface area (Å²) >= 11 is 6.16. The van der Waals surface area contributed by atoms with Gasteiger partial charge in [-0.15, -0.1) is 11.3 Å². The van der Waals surface area contributed by atoms with Crippen LogP contribution in [0.4, 0.5) is 0 Å². The molecule has 0 atom stereocenters. The van der Waals surface area contributed by atoms with E-state index in [1.54, 1.807) is 18.4 Å². The topological polar surface area (TPSA) is 25.4 Å². The van der Waals surface area contributed by atoms with Crippen molar-refractivity contribution in [1.82, 2.24) is 9.88 Å². The third-order valence-corrected chi connectivity index (χ3v) is 4.92. The van der Waals surface area contributed by atoms with Crippen LogP contribution in [0, 0.1) is 0 Å². The van der Waals surface area contributed by atoms with E-state index in [0.29, 0.717) is 6.61 Å². The van der Waals surface area contributed by atoms with Gasteiger partial charge in [0, 0.05) is 17.7 Å². The van der Waals surface area contributed by atoms with Gasteiger partial charge in [-0.2, -0.15) is 12.6 Å². The Morgan fingerprint density at radius 3 is 2.61 bits per heavy atom. The molecule has 1 fully saturated rings. The predicted molar refractivity (Wildman–Crippen MR) is 79.3 cm³/mol. The van der Waals surface area contributed by atoms with Crippen molar-refractivity contribution in [1.29, 1.82) is 0 Å². The van der Waals surface area contributed by atoms with Gasteiger partial charge in [0.2, 0.25) is 0 Å². The van der Waals surface area contributed by atoms with Crippen molar-refractivity contribution in [2.75, 3.05) is 20.2 Å². The standard InChI is InChI=1S/C13H22N2OS2/c1-16-9-11-12(10-17)18-13(14-11)8-15-6-4-2-3-5-7-15/h17H,2-10H2,1H3. The lowest BCUT2D eigenvalue weighted by Crippen LogP contribution is -2.23. The molecule has 2 heterocycles. The lowest BCUT2D eigenvalue weighted by atomic mass is 10.2. The van der Waals surface area contributed by atoms with E-state index < -0.39 is 0 Å². The third kappa shape index (κ3) is 3.95. The molecular formula is C13H22N2OS2. The number of methoxy groups -OCH3 is 1. The molecule has 0 unspecified atom stereocenters. The lowest BCUT2D eigenvalue weighted by Gasteiger charge is -2.17. The number of nitrogens with zero attached hydrogens (tertiary/aromatic N) is 2. The van der Waals surface area contributed by atoms with Crippen LogP contribution < -0.4 is 0 Å². The van der Waals surface area contributed by atoms with Gasteiger partial charge >= 0.3 is 0 Å². The monoisotopic (exact) mass is 286 g/mol. The van der Waals surface area contributed by atoms with E-state index in [9.17, 15) is 0 Å². The van der Waals surface area contributed by atoms with Crippen molar-refractivity contribution in [3.8, 4) is 0 Å². The minimum atomic E-state index is 0.604. The fraction of sp³-hybridized carbons (Fsp3) is 0.769. The first-order valence-corrected chi connectivity index (χ1v) is 8.08. The van der Waals surface area contributed by atoms with Gasteiger partial charge in [0.1, 0.15) is 5.01 Å². The molecule has 1 aliphatic rings. The van der Waals surface area contributed by atoms with Crippen LogP contribution in [-0.4, -0.2) is 30.1 Å². The van der Waals surface area contributed by atoms with Gasteiger partial charge in [0.15, 0.2) is 0 Å². The van der Waals surface area contributed by atoms with Crippen molar-refractivity contribution >= 4 is 24.0 Å². The summed E-state index contributed by atoms with van der Waals surface area (Å²) in [6.07, 6.45) is 5.42. The average Bonchev–Trinajstić information content (AvgIpc) is 2.58. The fourth-order valence-corrected chi connectivity index (χ4v) is 3.71. The largest absolute Gasteiger partial charge is 0.378 e. The Morgan fingerprint density at radius 1 is 1.28 bits per heavy atom. The highest BCUT2D eigenvalue weighted by Crippen LogP contribution is 2.23. The van der Waals surface area contributed by atoms with Crippen LogP contribution in [0.5, 0.6) is 0 Å². The summed E-state index contributed by atoms with van der Waals surface area (Å²) in [5, 5.41) is 1.22. The molecule has 0 spiro atoms. The van der Waals surface area contributed by atoms with Crippen LogP contribution in [-0.2, 0) is 23.6 Å². The highest BCUT2D eigenvalue weighted by atomic mass is 32.1. The highest BCUT2D eigenvalue weighted by molar-refractivity contribution is 7.79. The molecule has 2 rings (SSSR count). The molecule has 0 aliphatic carbocycles. The number of hydrogen-bond donors (Lipinski definition) is 1. The minimum absolute atomic E-state index is 0.604. The second kappa shape index (κ2) is 7.48. The van der Waals surface area contributed by atoms with Gasteiger partial charge in [-0.3, -0.25) is 4.90 Å². The number of thiol groups is 1. The first-order valence-electron chi connectivity index (χ1n) is 6.63. The van der Waals surface area contributed by atoms with Crippen LogP contribution in [0.15, 0.2) is 0 Å². The maximum atomic E-state index is 5.19. The molecular weight excluding hydrogens is 264 g/mol. The zero-order valence-electron chi connectivity index (χ0n) is 11.0. The van der Waals surface area contributed by atoms with E-state index in [-0.39, 0.29) is 0 Å². The van der Waals surface area contributed by atoms with E-state index >= 15 is 0 Å². The first-order chi connectivity index (χ1) is 8.83. The van der Waals surface area contributed by atoms with Crippen LogP contribution >= 0.6 is 24.0 Å². The number of ether oxygens (including phenoxy) is 1. The maximum absolute atomic E-state index is 5.19. The van der Waals surface area contributed by atoms with Crippen LogP contribution in [0.3, 0.4) is 0 Å². The van der Waals surface area contributed by atoms with Crippen molar-refractivity contribution in [3.05, 3.63) is 15.6 Å². The Balaban J connectivity index is 1.99.